The highest BCUT2D eigenvalue weighted by atomic mass is 32.2. The van der Waals surface area contributed by atoms with E-state index in [1.165, 1.54) is 23.9 Å². The van der Waals surface area contributed by atoms with Crippen molar-refractivity contribution in [1.82, 2.24) is 4.72 Å². The third-order valence-electron chi connectivity index (χ3n) is 3.46. The maximum absolute atomic E-state index is 12.3. The molecule has 0 spiro atoms. The van der Waals surface area contributed by atoms with E-state index in [1.54, 1.807) is 12.1 Å². The molecule has 0 bridgehead atoms. The SMILES string of the molecule is CSCC[C@H](NS(=O)(=O)c1ccc(-c2ccccc2)cc1)C(=O)[O-]. The van der Waals surface area contributed by atoms with Crippen LogP contribution >= 0.6 is 11.8 Å². The molecule has 0 fully saturated rings. The third-order valence-corrected chi connectivity index (χ3v) is 5.60. The van der Waals surface area contributed by atoms with Gasteiger partial charge < -0.3 is 9.90 Å². The van der Waals surface area contributed by atoms with E-state index in [1.807, 2.05) is 36.6 Å². The van der Waals surface area contributed by atoms with Crippen LogP contribution < -0.4 is 9.83 Å². The fourth-order valence-corrected chi connectivity index (χ4v) is 3.86. The molecule has 2 aromatic carbocycles. The van der Waals surface area contributed by atoms with Crippen molar-refractivity contribution in [2.24, 2.45) is 0 Å². The van der Waals surface area contributed by atoms with Crippen molar-refractivity contribution < 1.29 is 18.3 Å². The number of carbonyl (C=O) groups excluding carboxylic acids is 1. The van der Waals surface area contributed by atoms with Crippen LogP contribution in [0.5, 0.6) is 0 Å². The number of benzene rings is 2. The Morgan fingerprint density at radius 2 is 1.67 bits per heavy atom. The van der Waals surface area contributed by atoms with E-state index < -0.39 is 22.0 Å². The number of nitrogens with one attached hydrogen (secondary N) is 1. The van der Waals surface area contributed by atoms with E-state index in [2.05, 4.69) is 4.72 Å². The van der Waals surface area contributed by atoms with Gasteiger partial charge in [0.2, 0.25) is 10.0 Å². The highest BCUT2D eigenvalue weighted by Gasteiger charge is 2.20. The summed E-state index contributed by atoms with van der Waals surface area (Å²) in [6, 6.07) is 14.6. The monoisotopic (exact) mass is 364 g/mol. The number of aliphatic carboxylic acids is 1. The van der Waals surface area contributed by atoms with Crippen molar-refractivity contribution in [3.05, 3.63) is 54.6 Å². The van der Waals surface area contributed by atoms with Gasteiger partial charge in [-0.2, -0.15) is 11.8 Å². The van der Waals surface area contributed by atoms with Crippen LogP contribution in [0.3, 0.4) is 0 Å². The molecule has 128 valence electrons. The molecular weight excluding hydrogens is 346 g/mol. The third kappa shape index (κ3) is 4.83. The predicted molar refractivity (Wildman–Crippen MR) is 94.0 cm³/mol. The Hall–Kier alpha value is -1.83. The van der Waals surface area contributed by atoms with Gasteiger partial charge in [-0.05, 0) is 41.7 Å². The lowest BCUT2D eigenvalue weighted by molar-refractivity contribution is -0.308. The lowest BCUT2D eigenvalue weighted by Crippen LogP contribution is -2.48. The van der Waals surface area contributed by atoms with Crippen LogP contribution in [0.25, 0.3) is 11.1 Å². The molecule has 0 heterocycles. The lowest BCUT2D eigenvalue weighted by Gasteiger charge is -2.19. The van der Waals surface area contributed by atoms with E-state index in [0.717, 1.165) is 11.1 Å². The molecule has 0 saturated heterocycles. The molecule has 0 saturated carbocycles. The van der Waals surface area contributed by atoms with Crippen LogP contribution in [-0.2, 0) is 14.8 Å². The molecule has 1 atom stereocenters. The molecule has 0 unspecified atom stereocenters. The van der Waals surface area contributed by atoms with E-state index in [4.69, 9.17) is 0 Å². The maximum atomic E-state index is 12.3. The number of hydrogen-bond acceptors (Lipinski definition) is 5. The Morgan fingerprint density at radius 1 is 1.08 bits per heavy atom. The summed E-state index contributed by atoms with van der Waals surface area (Å²) in [7, 11) is -3.91. The number of carbonyl (C=O) groups is 1. The summed E-state index contributed by atoms with van der Waals surface area (Å²) in [6.07, 6.45) is 1.99. The summed E-state index contributed by atoms with van der Waals surface area (Å²) < 4.78 is 26.9. The second-order valence-corrected chi connectivity index (χ2v) is 7.86. The standard InChI is InChI=1S/C17H19NO4S2/c1-23-12-11-16(17(19)20)18-24(21,22)15-9-7-14(8-10-15)13-5-3-2-4-6-13/h2-10,16,18H,11-12H2,1H3,(H,19,20)/p-1/t16-/m0/s1. The largest absolute Gasteiger partial charge is 0.548 e. The second kappa shape index (κ2) is 8.32. The van der Waals surface area contributed by atoms with Crippen LogP contribution in [0.4, 0.5) is 0 Å². The number of sulfonamides is 1. The van der Waals surface area contributed by atoms with E-state index >= 15 is 0 Å². The van der Waals surface area contributed by atoms with E-state index in [-0.39, 0.29) is 11.3 Å². The molecule has 2 aromatic rings. The lowest BCUT2D eigenvalue weighted by atomic mass is 10.1. The number of hydrogen-bond donors (Lipinski definition) is 1. The molecule has 1 N–H and O–H groups in total. The zero-order chi connectivity index (χ0) is 17.6. The Kier molecular flexibility index (Phi) is 6.42. The van der Waals surface area contributed by atoms with Crippen LogP contribution in [0.2, 0.25) is 0 Å². The summed E-state index contributed by atoms with van der Waals surface area (Å²) >= 11 is 1.44. The van der Waals surface area contributed by atoms with Gasteiger partial charge >= 0.3 is 0 Å². The molecule has 5 nitrogen and oxygen atoms in total. The van der Waals surface area contributed by atoms with Gasteiger partial charge in [0.05, 0.1) is 16.9 Å². The fourth-order valence-electron chi connectivity index (χ4n) is 2.17. The van der Waals surface area contributed by atoms with E-state index in [0.29, 0.717) is 5.75 Å². The number of carboxylic acids is 1. The number of carboxylic acid groups (broad SMARTS) is 1. The molecule has 7 heteroatoms. The van der Waals surface area contributed by atoms with Crippen molar-refractivity contribution in [3.63, 3.8) is 0 Å². The zero-order valence-electron chi connectivity index (χ0n) is 13.1. The summed E-state index contributed by atoms with van der Waals surface area (Å²) in [5, 5.41) is 11.1. The second-order valence-electron chi connectivity index (χ2n) is 5.16. The van der Waals surface area contributed by atoms with Gasteiger partial charge in [0.1, 0.15) is 0 Å². The van der Waals surface area contributed by atoms with Crippen LogP contribution in [-0.4, -0.2) is 32.4 Å². The van der Waals surface area contributed by atoms with Gasteiger partial charge in [-0.25, -0.2) is 13.1 Å². The van der Waals surface area contributed by atoms with Gasteiger partial charge in [-0.15, -0.1) is 0 Å². The van der Waals surface area contributed by atoms with Crippen molar-refractivity contribution in [2.45, 2.75) is 17.4 Å². The smallest absolute Gasteiger partial charge is 0.241 e. The average molecular weight is 364 g/mol. The highest BCUT2D eigenvalue weighted by molar-refractivity contribution is 7.98. The van der Waals surface area contributed by atoms with Gasteiger partial charge in [0.25, 0.3) is 0 Å². The molecule has 24 heavy (non-hydrogen) atoms. The molecule has 0 aliphatic carbocycles. The Labute approximate surface area is 146 Å². The zero-order valence-corrected chi connectivity index (χ0v) is 14.8. The molecule has 0 radical (unpaired) electrons. The van der Waals surface area contributed by atoms with Crippen LogP contribution in [0.15, 0.2) is 59.5 Å². The van der Waals surface area contributed by atoms with Crippen molar-refractivity contribution >= 4 is 27.8 Å². The Bertz CT molecular complexity index is 774. The van der Waals surface area contributed by atoms with Crippen LogP contribution in [0, 0.1) is 0 Å². The summed E-state index contributed by atoms with van der Waals surface area (Å²) in [5.74, 6) is -0.901. The first-order valence-corrected chi connectivity index (χ1v) is 10.2. The Morgan fingerprint density at radius 3 is 2.21 bits per heavy atom. The average Bonchev–Trinajstić information content (AvgIpc) is 2.59. The van der Waals surface area contributed by atoms with Gasteiger partial charge in [0.15, 0.2) is 0 Å². The quantitative estimate of drug-likeness (QED) is 0.767. The van der Waals surface area contributed by atoms with Crippen molar-refractivity contribution in [2.75, 3.05) is 12.0 Å². The topological polar surface area (TPSA) is 86.3 Å². The van der Waals surface area contributed by atoms with Gasteiger partial charge in [-0.1, -0.05) is 42.5 Å². The minimum atomic E-state index is -3.91. The van der Waals surface area contributed by atoms with Gasteiger partial charge in [0, 0.05) is 0 Å². The first kappa shape index (κ1) is 18.5. The van der Waals surface area contributed by atoms with Crippen LogP contribution in [0.1, 0.15) is 6.42 Å². The van der Waals surface area contributed by atoms with Gasteiger partial charge in [-0.3, -0.25) is 0 Å². The highest BCUT2D eigenvalue weighted by Crippen LogP contribution is 2.21. The number of thioether (sulfide) groups is 1. The molecular formula is C17H18NO4S2-. The molecule has 0 aliphatic rings. The minimum Gasteiger partial charge on any atom is -0.548 e. The summed E-state index contributed by atoms with van der Waals surface area (Å²) in [5.41, 5.74) is 1.86. The molecule has 0 aromatic heterocycles. The summed E-state index contributed by atoms with van der Waals surface area (Å²) in [6.45, 7) is 0. The molecule has 2 rings (SSSR count). The fraction of sp³-hybridized carbons (Fsp3) is 0.235. The molecule has 0 aliphatic heterocycles. The summed E-state index contributed by atoms with van der Waals surface area (Å²) in [4.78, 5) is 11.1. The first-order valence-electron chi connectivity index (χ1n) is 7.31. The van der Waals surface area contributed by atoms with Crippen molar-refractivity contribution in [1.29, 1.82) is 0 Å². The number of rotatable bonds is 8. The normalized spacial score (nSPS) is 12.7. The maximum Gasteiger partial charge on any atom is 0.241 e. The van der Waals surface area contributed by atoms with E-state index in [9.17, 15) is 18.3 Å². The predicted octanol–water partition coefficient (Wildman–Crippen LogP) is 1.50. The Balaban J connectivity index is 2.18. The minimum absolute atomic E-state index is 0.0255. The van der Waals surface area contributed by atoms with Crippen molar-refractivity contribution in [3.8, 4) is 11.1 Å². The molecule has 0 amide bonds. The first-order chi connectivity index (χ1) is 11.4.